The number of carbonyl (C=O) groups excluding carboxylic acids is 1. The van der Waals surface area contributed by atoms with Crippen molar-refractivity contribution < 1.29 is 18.0 Å². The van der Waals surface area contributed by atoms with Crippen LogP contribution in [0.5, 0.6) is 0 Å². The number of nitrogens with zero attached hydrogens (tertiary/aromatic N) is 1. The maximum atomic E-state index is 13.4. The first-order valence-electron chi connectivity index (χ1n) is 7.98. The Bertz CT molecular complexity index is 1030. The number of aromatic nitrogens is 2. The number of hydrogen-bond acceptors (Lipinski definition) is 3. The number of nitrogens with one attached hydrogen (secondary N) is 2. The van der Waals surface area contributed by atoms with Crippen molar-refractivity contribution in [2.24, 2.45) is 11.7 Å². The van der Waals surface area contributed by atoms with Crippen LogP contribution < -0.4 is 11.1 Å². The average molecular weight is 383 g/mol. The van der Waals surface area contributed by atoms with E-state index in [9.17, 15) is 18.0 Å². The number of halogens is 4. The van der Waals surface area contributed by atoms with Crippen LogP contribution in [0.15, 0.2) is 24.4 Å². The molecule has 0 aliphatic heterocycles. The average Bonchev–Trinajstić information content (AvgIpc) is 3.30. The van der Waals surface area contributed by atoms with Crippen molar-refractivity contribution in [3.8, 4) is 0 Å². The first kappa shape index (κ1) is 17.0. The molecule has 1 aliphatic carbocycles. The van der Waals surface area contributed by atoms with Gasteiger partial charge in [0.25, 0.3) is 5.91 Å². The van der Waals surface area contributed by atoms with Gasteiger partial charge in [0.2, 0.25) is 0 Å². The molecular weight excluding hydrogens is 369 g/mol. The number of nitrogens with two attached hydrogens (primary N) is 1. The number of hydrogen-bond donors (Lipinski definition) is 3. The number of pyridine rings is 1. The zero-order valence-electron chi connectivity index (χ0n) is 13.3. The lowest BCUT2D eigenvalue weighted by molar-refractivity contribution is -0.146. The molecule has 3 aromatic rings. The first-order valence-corrected chi connectivity index (χ1v) is 8.36. The van der Waals surface area contributed by atoms with Gasteiger partial charge >= 0.3 is 6.18 Å². The van der Waals surface area contributed by atoms with Gasteiger partial charge in [-0.05, 0) is 30.9 Å². The zero-order valence-corrected chi connectivity index (χ0v) is 14.1. The van der Waals surface area contributed by atoms with Crippen molar-refractivity contribution in [2.75, 3.05) is 5.32 Å². The van der Waals surface area contributed by atoms with Gasteiger partial charge in [-0.1, -0.05) is 17.7 Å². The number of aromatic amines is 1. The monoisotopic (exact) mass is 382 g/mol. The summed E-state index contributed by atoms with van der Waals surface area (Å²) in [5.41, 5.74) is 6.41. The van der Waals surface area contributed by atoms with Crippen LogP contribution in [-0.2, 0) is 0 Å². The van der Waals surface area contributed by atoms with E-state index in [2.05, 4.69) is 15.3 Å². The Kier molecular flexibility index (Phi) is 3.76. The van der Waals surface area contributed by atoms with Crippen LogP contribution in [0.3, 0.4) is 0 Å². The zero-order chi connectivity index (χ0) is 18.6. The standard InChI is InChI=1S/C17H14ClF3N4O/c18-8-3-4-9-11(5-8)24-13-10(15(22)26)6-23-16(12(9)13)25-14(7-1-2-7)17(19,20)21/h3-7,14,24H,1-2H2,(H2,22,26)(H,23,25)/t14-/m1/s1. The summed E-state index contributed by atoms with van der Waals surface area (Å²) in [6.07, 6.45) is -2.18. The Labute approximate surface area is 150 Å². The lowest BCUT2D eigenvalue weighted by Crippen LogP contribution is -2.38. The highest BCUT2D eigenvalue weighted by molar-refractivity contribution is 6.32. The topological polar surface area (TPSA) is 83.8 Å². The molecule has 1 aromatic carbocycles. The molecule has 26 heavy (non-hydrogen) atoms. The van der Waals surface area contributed by atoms with Crippen LogP contribution in [-0.4, -0.2) is 28.1 Å². The summed E-state index contributed by atoms with van der Waals surface area (Å²) in [4.78, 5) is 18.8. The molecule has 0 bridgehead atoms. The van der Waals surface area contributed by atoms with Gasteiger partial charge in [0.05, 0.1) is 16.5 Å². The van der Waals surface area contributed by atoms with Gasteiger partial charge in [0, 0.05) is 22.1 Å². The fraction of sp³-hybridized carbons (Fsp3) is 0.294. The number of amides is 1. The predicted molar refractivity (Wildman–Crippen MR) is 93.3 cm³/mol. The SMILES string of the molecule is NC(=O)c1cnc(N[C@H](C2CC2)C(F)(F)F)c2c1[nH]c1cc(Cl)ccc12. The Morgan fingerprint density at radius 1 is 1.38 bits per heavy atom. The maximum Gasteiger partial charge on any atom is 0.408 e. The molecule has 1 amide bonds. The van der Waals surface area contributed by atoms with E-state index in [4.69, 9.17) is 17.3 Å². The second kappa shape index (κ2) is 5.77. The van der Waals surface area contributed by atoms with Crippen LogP contribution in [0.4, 0.5) is 19.0 Å². The summed E-state index contributed by atoms with van der Waals surface area (Å²) >= 11 is 5.99. The summed E-state index contributed by atoms with van der Waals surface area (Å²) < 4.78 is 40.2. The molecule has 1 aliphatic rings. The van der Waals surface area contributed by atoms with Gasteiger partial charge in [-0.25, -0.2) is 4.98 Å². The van der Waals surface area contributed by atoms with Gasteiger partial charge in [0.15, 0.2) is 0 Å². The van der Waals surface area contributed by atoms with Crippen molar-refractivity contribution >= 4 is 45.1 Å². The van der Waals surface area contributed by atoms with E-state index >= 15 is 0 Å². The lowest BCUT2D eigenvalue weighted by atomic mass is 10.1. The molecule has 2 heterocycles. The van der Waals surface area contributed by atoms with E-state index in [0.29, 0.717) is 39.7 Å². The van der Waals surface area contributed by atoms with E-state index in [0.717, 1.165) is 0 Å². The van der Waals surface area contributed by atoms with Crippen molar-refractivity contribution in [3.05, 3.63) is 35.0 Å². The summed E-state index contributed by atoms with van der Waals surface area (Å²) in [7, 11) is 0. The van der Waals surface area contributed by atoms with Crippen LogP contribution in [0.1, 0.15) is 23.2 Å². The summed E-state index contributed by atoms with van der Waals surface area (Å²) in [5.74, 6) is -1.13. The van der Waals surface area contributed by atoms with E-state index in [1.54, 1.807) is 18.2 Å². The number of primary amides is 1. The van der Waals surface area contributed by atoms with E-state index in [-0.39, 0.29) is 11.4 Å². The number of rotatable bonds is 4. The van der Waals surface area contributed by atoms with Crippen molar-refractivity contribution in [3.63, 3.8) is 0 Å². The van der Waals surface area contributed by atoms with Crippen LogP contribution >= 0.6 is 11.6 Å². The van der Waals surface area contributed by atoms with Crippen LogP contribution in [0.25, 0.3) is 21.8 Å². The first-order chi connectivity index (χ1) is 12.3. The van der Waals surface area contributed by atoms with Gasteiger partial charge in [-0.15, -0.1) is 0 Å². The van der Waals surface area contributed by atoms with Crippen molar-refractivity contribution in [1.82, 2.24) is 9.97 Å². The third-order valence-electron chi connectivity index (χ3n) is 4.59. The van der Waals surface area contributed by atoms with Crippen LogP contribution in [0, 0.1) is 5.92 Å². The second-order valence-corrected chi connectivity index (χ2v) is 6.89. The highest BCUT2D eigenvalue weighted by Gasteiger charge is 2.49. The van der Waals surface area contributed by atoms with Crippen LogP contribution in [0.2, 0.25) is 5.02 Å². The second-order valence-electron chi connectivity index (χ2n) is 6.45. The molecule has 0 spiro atoms. The van der Waals surface area contributed by atoms with E-state index in [1.807, 2.05) is 0 Å². The largest absolute Gasteiger partial charge is 0.408 e. The molecule has 4 rings (SSSR count). The molecule has 0 unspecified atom stereocenters. The smallest absolute Gasteiger partial charge is 0.365 e. The molecule has 1 saturated carbocycles. The maximum absolute atomic E-state index is 13.4. The third-order valence-corrected chi connectivity index (χ3v) is 4.83. The molecule has 1 fully saturated rings. The summed E-state index contributed by atoms with van der Waals surface area (Å²) in [6.45, 7) is 0. The number of benzene rings is 1. The third kappa shape index (κ3) is 2.84. The minimum Gasteiger partial charge on any atom is -0.365 e. The van der Waals surface area contributed by atoms with E-state index in [1.165, 1.54) is 6.20 Å². The quantitative estimate of drug-likeness (QED) is 0.631. The highest BCUT2D eigenvalue weighted by atomic mass is 35.5. The van der Waals surface area contributed by atoms with E-state index < -0.39 is 24.0 Å². The molecule has 9 heteroatoms. The highest BCUT2D eigenvalue weighted by Crippen LogP contribution is 2.43. The molecule has 1 atom stereocenters. The van der Waals surface area contributed by atoms with Crippen molar-refractivity contribution in [2.45, 2.75) is 25.1 Å². The Morgan fingerprint density at radius 2 is 2.12 bits per heavy atom. The summed E-state index contributed by atoms with van der Waals surface area (Å²) in [6, 6.07) is 3.25. The number of carbonyl (C=O) groups is 1. The Balaban J connectivity index is 1.93. The lowest BCUT2D eigenvalue weighted by Gasteiger charge is -2.22. The predicted octanol–water partition coefficient (Wildman–Crippen LogP) is 4.22. The molecular formula is C17H14ClF3N4O. The molecule has 4 N–H and O–H groups in total. The fourth-order valence-electron chi connectivity index (χ4n) is 3.22. The Hall–Kier alpha value is -2.48. The normalized spacial score (nSPS) is 16.2. The number of fused-ring (bicyclic) bond motifs is 3. The fourth-order valence-corrected chi connectivity index (χ4v) is 3.39. The number of H-pyrrole nitrogens is 1. The number of anilines is 1. The van der Waals surface area contributed by atoms with Crippen molar-refractivity contribution in [1.29, 1.82) is 0 Å². The molecule has 136 valence electrons. The van der Waals surface area contributed by atoms with Gasteiger partial charge < -0.3 is 16.0 Å². The summed E-state index contributed by atoms with van der Waals surface area (Å²) in [5, 5.41) is 4.00. The van der Waals surface area contributed by atoms with Gasteiger partial charge in [-0.3, -0.25) is 4.79 Å². The molecule has 0 radical (unpaired) electrons. The van der Waals surface area contributed by atoms with Gasteiger partial charge in [-0.2, -0.15) is 13.2 Å². The Morgan fingerprint density at radius 3 is 2.73 bits per heavy atom. The molecule has 0 saturated heterocycles. The van der Waals surface area contributed by atoms with Gasteiger partial charge in [0.1, 0.15) is 11.9 Å². The minimum absolute atomic E-state index is 0.0628. The molecule has 5 nitrogen and oxygen atoms in total. The molecule has 2 aromatic heterocycles. The number of alkyl halides is 3. The minimum atomic E-state index is -4.40.